The van der Waals surface area contributed by atoms with Crippen LogP contribution < -0.4 is 5.32 Å². The molecule has 0 saturated carbocycles. The van der Waals surface area contributed by atoms with Crippen LogP contribution in [0.2, 0.25) is 0 Å². The van der Waals surface area contributed by atoms with Gasteiger partial charge in [-0.15, -0.1) is 0 Å². The second-order valence-corrected chi connectivity index (χ2v) is 5.53. The van der Waals surface area contributed by atoms with E-state index in [2.05, 4.69) is 5.32 Å². The average molecular weight is 294 g/mol. The number of alkyl halides is 3. The molecule has 2 saturated heterocycles. The summed E-state index contributed by atoms with van der Waals surface area (Å²) in [5, 5.41) is 3.11. The lowest BCUT2D eigenvalue weighted by Crippen LogP contribution is -2.52. The van der Waals surface area contributed by atoms with Crippen molar-refractivity contribution >= 4 is 5.91 Å². The summed E-state index contributed by atoms with van der Waals surface area (Å²) in [5.41, 5.74) is 0. The second-order valence-electron chi connectivity index (χ2n) is 5.53. The summed E-state index contributed by atoms with van der Waals surface area (Å²) in [4.78, 5) is 13.5. The van der Waals surface area contributed by atoms with Crippen LogP contribution in [0.1, 0.15) is 26.2 Å². The molecule has 0 aromatic carbocycles. The van der Waals surface area contributed by atoms with Crippen LogP contribution in [0.15, 0.2) is 0 Å². The second kappa shape index (κ2) is 6.30. The molecule has 2 aliphatic rings. The van der Waals surface area contributed by atoms with Crippen molar-refractivity contribution in [3.63, 3.8) is 0 Å². The SMILES string of the molecule is CC1OCCC1C(=O)N(CC(F)(F)F)C1CCNCC1. The molecule has 0 bridgehead atoms. The Morgan fingerprint density at radius 2 is 1.95 bits per heavy atom. The quantitative estimate of drug-likeness (QED) is 0.859. The van der Waals surface area contributed by atoms with Gasteiger partial charge in [0, 0.05) is 12.6 Å². The summed E-state index contributed by atoms with van der Waals surface area (Å²) in [6, 6.07) is -0.321. The summed E-state index contributed by atoms with van der Waals surface area (Å²) in [5.74, 6) is -0.841. The van der Waals surface area contributed by atoms with E-state index in [1.165, 1.54) is 0 Å². The number of rotatable bonds is 3. The Labute approximate surface area is 116 Å². The van der Waals surface area contributed by atoms with Gasteiger partial charge in [0.15, 0.2) is 0 Å². The van der Waals surface area contributed by atoms with Gasteiger partial charge in [-0.1, -0.05) is 0 Å². The number of amides is 1. The molecule has 0 aliphatic carbocycles. The minimum atomic E-state index is -4.36. The molecule has 0 spiro atoms. The number of hydrogen-bond donors (Lipinski definition) is 1. The van der Waals surface area contributed by atoms with E-state index in [9.17, 15) is 18.0 Å². The molecular formula is C13H21F3N2O2. The van der Waals surface area contributed by atoms with Crippen molar-refractivity contribution < 1.29 is 22.7 Å². The maximum absolute atomic E-state index is 12.8. The molecule has 2 heterocycles. The average Bonchev–Trinajstić information content (AvgIpc) is 2.81. The van der Waals surface area contributed by atoms with Crippen LogP contribution in [-0.4, -0.2) is 55.4 Å². The fourth-order valence-corrected chi connectivity index (χ4v) is 2.97. The van der Waals surface area contributed by atoms with E-state index in [4.69, 9.17) is 4.74 Å². The van der Waals surface area contributed by atoms with E-state index in [1.54, 1.807) is 6.92 Å². The number of carbonyl (C=O) groups is 1. The van der Waals surface area contributed by atoms with Crippen LogP contribution in [0.25, 0.3) is 0 Å². The number of halogens is 3. The summed E-state index contributed by atoms with van der Waals surface area (Å²) >= 11 is 0. The van der Waals surface area contributed by atoms with Gasteiger partial charge in [-0.25, -0.2) is 0 Å². The Morgan fingerprint density at radius 3 is 2.45 bits per heavy atom. The third kappa shape index (κ3) is 3.85. The van der Waals surface area contributed by atoms with Crippen LogP contribution in [0.4, 0.5) is 13.2 Å². The number of nitrogens with zero attached hydrogens (tertiary/aromatic N) is 1. The first-order chi connectivity index (χ1) is 9.38. The first-order valence-corrected chi connectivity index (χ1v) is 7.08. The van der Waals surface area contributed by atoms with Gasteiger partial charge in [-0.05, 0) is 39.3 Å². The number of ether oxygens (including phenoxy) is 1. The fourth-order valence-electron chi connectivity index (χ4n) is 2.97. The van der Waals surface area contributed by atoms with Crippen molar-refractivity contribution in [1.29, 1.82) is 0 Å². The van der Waals surface area contributed by atoms with Gasteiger partial charge in [0.25, 0.3) is 0 Å². The molecule has 2 fully saturated rings. The predicted octanol–water partition coefficient (Wildman–Crippen LogP) is 1.55. The molecular weight excluding hydrogens is 273 g/mol. The fraction of sp³-hybridized carbons (Fsp3) is 0.923. The van der Waals surface area contributed by atoms with Crippen molar-refractivity contribution in [3.05, 3.63) is 0 Å². The molecule has 20 heavy (non-hydrogen) atoms. The zero-order chi connectivity index (χ0) is 14.8. The predicted molar refractivity (Wildman–Crippen MR) is 67.2 cm³/mol. The van der Waals surface area contributed by atoms with Crippen molar-refractivity contribution in [2.45, 2.75) is 44.5 Å². The molecule has 0 aromatic rings. The summed E-state index contributed by atoms with van der Waals surface area (Å²) in [7, 11) is 0. The molecule has 1 amide bonds. The zero-order valence-corrected chi connectivity index (χ0v) is 11.6. The number of nitrogens with one attached hydrogen (secondary N) is 1. The number of piperidine rings is 1. The zero-order valence-electron chi connectivity index (χ0n) is 11.6. The Morgan fingerprint density at radius 1 is 1.30 bits per heavy atom. The maximum Gasteiger partial charge on any atom is 0.406 e. The highest BCUT2D eigenvalue weighted by Gasteiger charge is 2.41. The Balaban J connectivity index is 2.10. The number of hydrogen-bond acceptors (Lipinski definition) is 3. The van der Waals surface area contributed by atoms with Gasteiger partial charge in [0.2, 0.25) is 5.91 Å². The van der Waals surface area contributed by atoms with E-state index in [-0.39, 0.29) is 12.1 Å². The lowest BCUT2D eigenvalue weighted by molar-refractivity contribution is -0.170. The van der Waals surface area contributed by atoms with Gasteiger partial charge in [0.1, 0.15) is 6.54 Å². The van der Waals surface area contributed by atoms with E-state index >= 15 is 0 Å². The molecule has 2 atom stereocenters. The summed E-state index contributed by atoms with van der Waals surface area (Å²) in [6.07, 6.45) is -2.99. The molecule has 2 unspecified atom stereocenters. The molecule has 0 aromatic heterocycles. The highest BCUT2D eigenvalue weighted by molar-refractivity contribution is 5.80. The van der Waals surface area contributed by atoms with Crippen LogP contribution in [-0.2, 0) is 9.53 Å². The lowest BCUT2D eigenvalue weighted by Gasteiger charge is -2.37. The molecule has 7 heteroatoms. The minimum absolute atomic E-state index is 0.292. The van der Waals surface area contributed by atoms with Crippen LogP contribution in [0, 0.1) is 5.92 Å². The lowest BCUT2D eigenvalue weighted by atomic mass is 9.97. The highest BCUT2D eigenvalue weighted by Crippen LogP contribution is 2.28. The third-order valence-electron chi connectivity index (χ3n) is 4.08. The Hall–Kier alpha value is -0.820. The van der Waals surface area contributed by atoms with Crippen molar-refractivity contribution in [3.8, 4) is 0 Å². The Kier molecular flexibility index (Phi) is 4.90. The van der Waals surface area contributed by atoms with E-state index < -0.39 is 24.5 Å². The van der Waals surface area contributed by atoms with Gasteiger partial charge in [-0.3, -0.25) is 4.79 Å². The molecule has 2 aliphatic heterocycles. The topological polar surface area (TPSA) is 41.6 Å². The normalized spacial score (nSPS) is 28.6. The molecule has 2 rings (SSSR count). The van der Waals surface area contributed by atoms with E-state index in [1.807, 2.05) is 0 Å². The maximum atomic E-state index is 12.8. The van der Waals surface area contributed by atoms with Gasteiger partial charge in [0.05, 0.1) is 12.0 Å². The van der Waals surface area contributed by atoms with Crippen molar-refractivity contribution in [2.24, 2.45) is 5.92 Å². The van der Waals surface area contributed by atoms with Crippen molar-refractivity contribution in [2.75, 3.05) is 26.2 Å². The van der Waals surface area contributed by atoms with Crippen LogP contribution in [0.3, 0.4) is 0 Å². The first kappa shape index (κ1) is 15.6. The summed E-state index contributed by atoms with van der Waals surface area (Å²) < 4.78 is 43.6. The molecule has 1 N–H and O–H groups in total. The summed E-state index contributed by atoms with van der Waals surface area (Å²) in [6.45, 7) is 2.36. The van der Waals surface area contributed by atoms with E-state index in [0.717, 1.165) is 4.90 Å². The first-order valence-electron chi connectivity index (χ1n) is 7.08. The molecule has 116 valence electrons. The largest absolute Gasteiger partial charge is 0.406 e. The Bertz CT molecular complexity index is 343. The smallest absolute Gasteiger partial charge is 0.378 e. The van der Waals surface area contributed by atoms with Gasteiger partial charge in [-0.2, -0.15) is 13.2 Å². The molecule has 0 radical (unpaired) electrons. The standard InChI is InChI=1S/C13H21F3N2O2/c1-9-11(4-7-20-9)12(19)18(8-13(14,15)16)10-2-5-17-6-3-10/h9-11,17H,2-8H2,1H3. The third-order valence-corrected chi connectivity index (χ3v) is 4.08. The number of carbonyl (C=O) groups excluding carboxylic acids is 1. The van der Waals surface area contributed by atoms with Crippen LogP contribution >= 0.6 is 0 Å². The van der Waals surface area contributed by atoms with Gasteiger partial charge < -0.3 is 15.0 Å². The molecule has 4 nitrogen and oxygen atoms in total. The monoisotopic (exact) mass is 294 g/mol. The van der Waals surface area contributed by atoms with E-state index in [0.29, 0.717) is 39.0 Å². The highest BCUT2D eigenvalue weighted by atomic mass is 19.4. The van der Waals surface area contributed by atoms with Gasteiger partial charge >= 0.3 is 6.18 Å². The minimum Gasteiger partial charge on any atom is -0.378 e. The van der Waals surface area contributed by atoms with Crippen LogP contribution in [0.5, 0.6) is 0 Å². The van der Waals surface area contributed by atoms with Crippen molar-refractivity contribution in [1.82, 2.24) is 10.2 Å².